The third kappa shape index (κ3) is 5.42. The number of amides is 1. The van der Waals surface area contributed by atoms with Crippen molar-refractivity contribution >= 4 is 23.4 Å². The maximum atomic E-state index is 12.7. The van der Waals surface area contributed by atoms with Crippen LogP contribution in [0.1, 0.15) is 26.3 Å². The fourth-order valence-corrected chi connectivity index (χ4v) is 3.81. The molecule has 158 valence electrons. The van der Waals surface area contributed by atoms with Gasteiger partial charge in [-0.05, 0) is 56.2 Å². The van der Waals surface area contributed by atoms with Gasteiger partial charge in [-0.2, -0.15) is 0 Å². The van der Waals surface area contributed by atoms with Crippen molar-refractivity contribution in [2.24, 2.45) is 5.92 Å². The molecule has 1 N–H and O–H groups in total. The van der Waals surface area contributed by atoms with E-state index in [1.165, 1.54) is 11.8 Å². The van der Waals surface area contributed by atoms with Crippen molar-refractivity contribution < 1.29 is 9.53 Å². The average Bonchev–Trinajstić information content (AvgIpc) is 3.11. The number of ether oxygens (including phenoxy) is 1. The Morgan fingerprint density at radius 2 is 1.73 bits per heavy atom. The zero-order valence-corrected chi connectivity index (χ0v) is 18.9. The summed E-state index contributed by atoms with van der Waals surface area (Å²) in [4.78, 5) is 12.7. The van der Waals surface area contributed by atoms with Gasteiger partial charge in [-0.1, -0.05) is 43.3 Å². The standard InChI is InChI=1S/C23H28N4O2S/c1-15(2)14-27-21(18-8-12-20(29-5)13-9-18)25-26-23(27)30-17(4)22(28)24-19-10-6-16(3)7-11-19/h6-13,15,17H,14H2,1-5H3,(H,24,28)/t17-/m0/s1. The third-order valence-corrected chi connectivity index (χ3v) is 5.66. The molecule has 0 fully saturated rings. The minimum absolute atomic E-state index is 0.0612. The molecule has 1 aromatic heterocycles. The summed E-state index contributed by atoms with van der Waals surface area (Å²) in [5.74, 6) is 1.94. The molecule has 0 unspecified atom stereocenters. The monoisotopic (exact) mass is 424 g/mol. The van der Waals surface area contributed by atoms with Gasteiger partial charge in [-0.3, -0.25) is 4.79 Å². The Hall–Kier alpha value is -2.80. The molecular weight excluding hydrogens is 396 g/mol. The predicted molar refractivity (Wildman–Crippen MR) is 122 cm³/mol. The molecule has 1 amide bonds. The summed E-state index contributed by atoms with van der Waals surface area (Å²) in [7, 11) is 1.65. The average molecular weight is 425 g/mol. The van der Waals surface area contributed by atoms with Crippen LogP contribution >= 0.6 is 11.8 Å². The quantitative estimate of drug-likeness (QED) is 0.513. The number of aryl methyl sites for hydroxylation is 1. The normalized spacial score (nSPS) is 12.1. The molecule has 2 aromatic carbocycles. The molecule has 0 aliphatic heterocycles. The largest absolute Gasteiger partial charge is 0.497 e. The van der Waals surface area contributed by atoms with E-state index in [-0.39, 0.29) is 11.2 Å². The number of thioether (sulfide) groups is 1. The Morgan fingerprint density at radius 1 is 1.07 bits per heavy atom. The van der Waals surface area contributed by atoms with E-state index in [4.69, 9.17) is 4.74 Å². The Labute approximate surface area is 182 Å². The molecular formula is C23H28N4O2S. The van der Waals surface area contributed by atoms with Gasteiger partial charge in [0.25, 0.3) is 0 Å². The molecule has 3 aromatic rings. The second-order valence-electron chi connectivity index (χ2n) is 7.65. The zero-order valence-electron chi connectivity index (χ0n) is 18.0. The summed E-state index contributed by atoms with van der Waals surface area (Å²) in [6.45, 7) is 8.98. The number of nitrogens with one attached hydrogen (secondary N) is 1. The van der Waals surface area contributed by atoms with Crippen molar-refractivity contribution in [2.45, 2.75) is 44.6 Å². The first-order valence-electron chi connectivity index (χ1n) is 9.99. The van der Waals surface area contributed by atoms with Crippen LogP contribution in [0.3, 0.4) is 0 Å². The minimum Gasteiger partial charge on any atom is -0.497 e. The van der Waals surface area contributed by atoms with E-state index in [1.807, 2.05) is 62.4 Å². The number of aromatic nitrogens is 3. The number of benzene rings is 2. The van der Waals surface area contributed by atoms with Crippen LogP contribution in [0.25, 0.3) is 11.4 Å². The number of rotatable bonds is 8. The number of carbonyl (C=O) groups excluding carboxylic acids is 1. The van der Waals surface area contributed by atoms with Gasteiger partial charge in [0.2, 0.25) is 5.91 Å². The molecule has 0 bridgehead atoms. The Bertz CT molecular complexity index is 981. The molecule has 6 nitrogen and oxygen atoms in total. The van der Waals surface area contributed by atoms with E-state index in [9.17, 15) is 4.79 Å². The molecule has 0 saturated heterocycles. The van der Waals surface area contributed by atoms with Gasteiger partial charge in [0.05, 0.1) is 12.4 Å². The first kappa shape index (κ1) is 21.9. The van der Waals surface area contributed by atoms with Crippen molar-refractivity contribution in [2.75, 3.05) is 12.4 Å². The molecule has 0 aliphatic carbocycles. The van der Waals surface area contributed by atoms with E-state index < -0.39 is 0 Å². The van der Waals surface area contributed by atoms with Crippen LogP contribution in [-0.2, 0) is 11.3 Å². The van der Waals surface area contributed by atoms with Gasteiger partial charge in [-0.15, -0.1) is 10.2 Å². The van der Waals surface area contributed by atoms with E-state index >= 15 is 0 Å². The van der Waals surface area contributed by atoms with Crippen LogP contribution < -0.4 is 10.1 Å². The van der Waals surface area contributed by atoms with Crippen molar-refractivity contribution in [1.82, 2.24) is 14.8 Å². The molecule has 0 saturated carbocycles. The van der Waals surface area contributed by atoms with Gasteiger partial charge < -0.3 is 14.6 Å². The Kier molecular flexibility index (Phi) is 7.15. The summed E-state index contributed by atoms with van der Waals surface area (Å²) in [6, 6.07) is 15.6. The Morgan fingerprint density at radius 3 is 2.33 bits per heavy atom. The van der Waals surface area contributed by atoms with Crippen molar-refractivity contribution in [3.8, 4) is 17.1 Å². The van der Waals surface area contributed by atoms with Crippen molar-refractivity contribution in [3.63, 3.8) is 0 Å². The molecule has 0 spiro atoms. The van der Waals surface area contributed by atoms with Gasteiger partial charge in [-0.25, -0.2) is 0 Å². The molecule has 7 heteroatoms. The lowest BCUT2D eigenvalue weighted by molar-refractivity contribution is -0.115. The summed E-state index contributed by atoms with van der Waals surface area (Å²) in [5.41, 5.74) is 2.91. The van der Waals surface area contributed by atoms with Crippen LogP contribution in [0.15, 0.2) is 53.7 Å². The van der Waals surface area contributed by atoms with Gasteiger partial charge in [0.1, 0.15) is 5.75 Å². The number of nitrogens with zero attached hydrogens (tertiary/aromatic N) is 3. The Balaban J connectivity index is 1.79. The maximum Gasteiger partial charge on any atom is 0.237 e. The first-order chi connectivity index (χ1) is 14.4. The van der Waals surface area contributed by atoms with Gasteiger partial charge >= 0.3 is 0 Å². The van der Waals surface area contributed by atoms with Crippen molar-refractivity contribution in [1.29, 1.82) is 0 Å². The zero-order chi connectivity index (χ0) is 21.7. The fourth-order valence-electron chi connectivity index (χ4n) is 2.95. The van der Waals surface area contributed by atoms with Crippen LogP contribution in [0.2, 0.25) is 0 Å². The lowest BCUT2D eigenvalue weighted by Crippen LogP contribution is -2.23. The second kappa shape index (κ2) is 9.80. The summed E-state index contributed by atoms with van der Waals surface area (Å²) >= 11 is 1.42. The third-order valence-electron chi connectivity index (χ3n) is 4.58. The van der Waals surface area contributed by atoms with Crippen LogP contribution in [-0.4, -0.2) is 33.0 Å². The number of hydrogen-bond donors (Lipinski definition) is 1. The lowest BCUT2D eigenvalue weighted by Gasteiger charge is -2.15. The molecule has 0 radical (unpaired) electrons. The second-order valence-corrected chi connectivity index (χ2v) is 8.96. The first-order valence-corrected chi connectivity index (χ1v) is 10.9. The highest BCUT2D eigenvalue weighted by atomic mass is 32.2. The highest BCUT2D eigenvalue weighted by Gasteiger charge is 2.21. The van der Waals surface area contributed by atoms with Crippen LogP contribution in [0, 0.1) is 12.8 Å². The van der Waals surface area contributed by atoms with Crippen LogP contribution in [0.4, 0.5) is 5.69 Å². The lowest BCUT2D eigenvalue weighted by atomic mass is 10.2. The number of carbonyl (C=O) groups is 1. The van der Waals surface area contributed by atoms with Gasteiger partial charge in [0.15, 0.2) is 11.0 Å². The van der Waals surface area contributed by atoms with E-state index in [0.717, 1.165) is 40.1 Å². The molecule has 3 rings (SSSR count). The number of methoxy groups -OCH3 is 1. The van der Waals surface area contributed by atoms with Crippen LogP contribution in [0.5, 0.6) is 5.75 Å². The highest BCUT2D eigenvalue weighted by Crippen LogP contribution is 2.29. The SMILES string of the molecule is COc1ccc(-c2nnc(S[C@@H](C)C(=O)Nc3ccc(C)cc3)n2CC(C)C)cc1. The molecule has 1 atom stereocenters. The summed E-state index contributed by atoms with van der Waals surface area (Å²) < 4.78 is 7.34. The minimum atomic E-state index is -0.315. The highest BCUT2D eigenvalue weighted by molar-refractivity contribution is 8.00. The van der Waals surface area contributed by atoms with Gasteiger partial charge in [0, 0.05) is 17.8 Å². The van der Waals surface area contributed by atoms with E-state index in [0.29, 0.717) is 5.92 Å². The summed E-state index contributed by atoms with van der Waals surface area (Å²) in [5, 5.41) is 12.2. The molecule has 0 aliphatic rings. The van der Waals surface area contributed by atoms with E-state index in [1.54, 1.807) is 7.11 Å². The number of anilines is 1. The topological polar surface area (TPSA) is 69.0 Å². The predicted octanol–water partition coefficient (Wildman–Crippen LogP) is 5.04. The smallest absolute Gasteiger partial charge is 0.237 e. The molecule has 30 heavy (non-hydrogen) atoms. The maximum absolute atomic E-state index is 12.7. The summed E-state index contributed by atoms with van der Waals surface area (Å²) in [6.07, 6.45) is 0. The van der Waals surface area contributed by atoms with Crippen molar-refractivity contribution in [3.05, 3.63) is 54.1 Å². The van der Waals surface area contributed by atoms with E-state index in [2.05, 4.69) is 33.9 Å². The molecule has 1 heterocycles. The number of hydrogen-bond acceptors (Lipinski definition) is 5. The fraction of sp³-hybridized carbons (Fsp3) is 0.348.